The molecule has 9 heteroatoms. The van der Waals surface area contributed by atoms with Crippen molar-refractivity contribution in [2.45, 2.75) is 84.2 Å². The standard InChI is InChI=1S/C30H43N3O5S/c1-8-30(5,6)33(27(36)23(18-19-39-7)32-28(37)38-29(2,3)4)25(22-16-12-13-17-24(22)34)26(35)31-20-21-14-10-9-11-15-21/h9-17,23,25,34H,8,18-20H2,1-7H3,(H,31,35)(H,32,37). The van der Waals surface area contributed by atoms with E-state index in [2.05, 4.69) is 10.6 Å². The molecule has 2 aromatic rings. The molecule has 3 N–H and O–H groups in total. The number of carbonyl (C=O) groups excluding carboxylic acids is 3. The number of alkyl carbamates (subject to hydrolysis) is 1. The Morgan fingerprint density at radius 3 is 2.18 bits per heavy atom. The Morgan fingerprint density at radius 2 is 1.62 bits per heavy atom. The molecule has 2 aromatic carbocycles. The highest BCUT2D eigenvalue weighted by Crippen LogP contribution is 2.36. The summed E-state index contributed by atoms with van der Waals surface area (Å²) < 4.78 is 5.44. The van der Waals surface area contributed by atoms with Crippen molar-refractivity contribution in [2.75, 3.05) is 12.0 Å². The maximum absolute atomic E-state index is 14.3. The van der Waals surface area contributed by atoms with Crippen molar-refractivity contribution in [1.29, 1.82) is 0 Å². The van der Waals surface area contributed by atoms with Gasteiger partial charge in [-0.15, -0.1) is 0 Å². The normalized spacial score (nSPS) is 13.2. The Morgan fingerprint density at radius 1 is 1.00 bits per heavy atom. The Labute approximate surface area is 236 Å². The van der Waals surface area contributed by atoms with Gasteiger partial charge in [0.15, 0.2) is 0 Å². The first-order chi connectivity index (χ1) is 18.3. The number of hydrogen-bond donors (Lipinski definition) is 3. The number of amides is 3. The number of nitrogens with one attached hydrogen (secondary N) is 2. The van der Waals surface area contributed by atoms with Gasteiger partial charge in [0.25, 0.3) is 0 Å². The van der Waals surface area contributed by atoms with Gasteiger partial charge >= 0.3 is 6.09 Å². The fourth-order valence-electron chi connectivity index (χ4n) is 4.05. The van der Waals surface area contributed by atoms with E-state index in [1.54, 1.807) is 50.7 Å². The largest absolute Gasteiger partial charge is 0.508 e. The molecule has 0 aliphatic carbocycles. The van der Waals surface area contributed by atoms with E-state index in [1.807, 2.05) is 57.4 Å². The summed E-state index contributed by atoms with van der Waals surface area (Å²) >= 11 is 1.55. The highest BCUT2D eigenvalue weighted by Gasteiger charge is 2.43. The van der Waals surface area contributed by atoms with Crippen molar-refractivity contribution in [3.63, 3.8) is 0 Å². The van der Waals surface area contributed by atoms with E-state index in [1.165, 1.54) is 11.0 Å². The Kier molecular flexibility index (Phi) is 11.7. The average Bonchev–Trinajstić information content (AvgIpc) is 2.87. The number of aromatic hydroxyl groups is 1. The minimum atomic E-state index is -1.14. The van der Waals surface area contributed by atoms with E-state index in [0.717, 1.165) is 5.56 Å². The van der Waals surface area contributed by atoms with Crippen LogP contribution in [0.25, 0.3) is 0 Å². The van der Waals surface area contributed by atoms with E-state index >= 15 is 0 Å². The average molecular weight is 558 g/mol. The number of benzene rings is 2. The predicted molar refractivity (Wildman–Crippen MR) is 157 cm³/mol. The van der Waals surface area contributed by atoms with Crippen molar-refractivity contribution in [2.24, 2.45) is 0 Å². The zero-order valence-electron chi connectivity index (χ0n) is 24.1. The minimum Gasteiger partial charge on any atom is -0.508 e. The van der Waals surface area contributed by atoms with Gasteiger partial charge in [-0.1, -0.05) is 55.5 Å². The highest BCUT2D eigenvalue weighted by atomic mass is 32.2. The van der Waals surface area contributed by atoms with Gasteiger partial charge in [0, 0.05) is 17.6 Å². The van der Waals surface area contributed by atoms with Crippen LogP contribution in [0.2, 0.25) is 0 Å². The molecule has 3 amide bonds. The van der Waals surface area contributed by atoms with Gasteiger partial charge in [-0.3, -0.25) is 9.59 Å². The molecule has 0 radical (unpaired) electrons. The minimum absolute atomic E-state index is 0.0946. The molecule has 8 nitrogen and oxygen atoms in total. The molecule has 0 bridgehead atoms. The molecular formula is C30H43N3O5S. The summed E-state index contributed by atoms with van der Waals surface area (Å²) in [5.41, 5.74) is -0.339. The Hall–Kier alpha value is -3.20. The number of thioether (sulfide) groups is 1. The maximum Gasteiger partial charge on any atom is 0.408 e. The molecule has 2 rings (SSSR count). The number of phenols is 1. The van der Waals surface area contributed by atoms with Crippen LogP contribution in [0.4, 0.5) is 4.79 Å². The van der Waals surface area contributed by atoms with Crippen LogP contribution in [-0.2, 0) is 20.9 Å². The van der Waals surface area contributed by atoms with Crippen LogP contribution < -0.4 is 10.6 Å². The first-order valence-corrected chi connectivity index (χ1v) is 14.6. The Balaban J connectivity index is 2.56. The quantitative estimate of drug-likeness (QED) is 0.322. The second-order valence-electron chi connectivity index (χ2n) is 11.0. The molecule has 214 valence electrons. The molecule has 0 heterocycles. The van der Waals surface area contributed by atoms with Gasteiger partial charge in [-0.25, -0.2) is 4.79 Å². The van der Waals surface area contributed by atoms with Crippen LogP contribution in [0.1, 0.15) is 71.6 Å². The number of carbonyl (C=O) groups is 3. The van der Waals surface area contributed by atoms with Gasteiger partial charge in [0.2, 0.25) is 11.8 Å². The van der Waals surface area contributed by atoms with E-state index < -0.39 is 41.1 Å². The lowest BCUT2D eigenvalue weighted by molar-refractivity contribution is -0.149. The van der Waals surface area contributed by atoms with Gasteiger partial charge in [0.1, 0.15) is 23.4 Å². The maximum atomic E-state index is 14.3. The summed E-state index contributed by atoms with van der Waals surface area (Å²) in [5.74, 6) is -0.350. The van der Waals surface area contributed by atoms with Crippen molar-refractivity contribution in [3.8, 4) is 5.75 Å². The summed E-state index contributed by atoms with van der Waals surface area (Å²) in [7, 11) is 0. The Bertz CT molecular complexity index is 1100. The van der Waals surface area contributed by atoms with Crippen molar-refractivity contribution in [3.05, 3.63) is 65.7 Å². The molecule has 0 fully saturated rings. The molecule has 0 saturated heterocycles. The molecular weight excluding hydrogens is 514 g/mol. The van der Waals surface area contributed by atoms with Crippen molar-refractivity contribution >= 4 is 29.7 Å². The lowest BCUT2D eigenvalue weighted by Crippen LogP contribution is -2.59. The zero-order valence-corrected chi connectivity index (χ0v) is 24.9. The van der Waals surface area contributed by atoms with Crippen LogP contribution in [0.15, 0.2) is 54.6 Å². The van der Waals surface area contributed by atoms with E-state index in [-0.39, 0.29) is 12.3 Å². The van der Waals surface area contributed by atoms with Crippen LogP contribution in [0.3, 0.4) is 0 Å². The number of rotatable bonds is 12. The first-order valence-electron chi connectivity index (χ1n) is 13.2. The molecule has 39 heavy (non-hydrogen) atoms. The van der Waals surface area contributed by atoms with Crippen LogP contribution in [0, 0.1) is 0 Å². The fourth-order valence-corrected chi connectivity index (χ4v) is 4.53. The van der Waals surface area contributed by atoms with Gasteiger partial charge in [-0.2, -0.15) is 11.8 Å². The molecule has 0 aromatic heterocycles. The van der Waals surface area contributed by atoms with E-state index in [4.69, 9.17) is 4.74 Å². The van der Waals surface area contributed by atoms with Crippen LogP contribution >= 0.6 is 11.8 Å². The van der Waals surface area contributed by atoms with Crippen molar-refractivity contribution < 1.29 is 24.2 Å². The predicted octanol–water partition coefficient (Wildman–Crippen LogP) is 5.41. The molecule has 2 atom stereocenters. The zero-order chi connectivity index (χ0) is 29.2. The van der Waals surface area contributed by atoms with Crippen molar-refractivity contribution in [1.82, 2.24) is 15.5 Å². The highest BCUT2D eigenvalue weighted by molar-refractivity contribution is 7.98. The molecule has 0 aliphatic rings. The number of phenolic OH excluding ortho intramolecular Hbond substituents is 1. The summed E-state index contributed by atoms with van der Waals surface area (Å²) in [4.78, 5) is 42.5. The first kappa shape index (κ1) is 32.0. The summed E-state index contributed by atoms with van der Waals surface area (Å²) in [5, 5.41) is 16.5. The number of para-hydroxylation sites is 1. The lowest BCUT2D eigenvalue weighted by Gasteiger charge is -2.44. The van der Waals surface area contributed by atoms with Crippen LogP contribution in [-0.4, -0.2) is 57.1 Å². The summed E-state index contributed by atoms with van der Waals surface area (Å²) in [6.07, 6.45) is 2.08. The van der Waals surface area contributed by atoms with Crippen LogP contribution in [0.5, 0.6) is 5.75 Å². The number of hydrogen-bond acceptors (Lipinski definition) is 6. The third-order valence-corrected chi connectivity index (χ3v) is 7.05. The summed E-state index contributed by atoms with van der Waals surface area (Å²) in [6.45, 7) is 11.2. The molecule has 0 saturated carbocycles. The third-order valence-electron chi connectivity index (χ3n) is 6.40. The van der Waals surface area contributed by atoms with Gasteiger partial charge in [-0.05, 0) is 71.1 Å². The summed E-state index contributed by atoms with van der Waals surface area (Å²) in [6, 6.07) is 13.9. The molecule has 0 spiro atoms. The van der Waals surface area contributed by atoms with Gasteiger partial charge < -0.3 is 25.4 Å². The third kappa shape index (κ3) is 9.49. The fraction of sp³-hybridized carbons (Fsp3) is 0.500. The second kappa shape index (κ2) is 14.3. The van der Waals surface area contributed by atoms with E-state index in [0.29, 0.717) is 24.2 Å². The monoisotopic (exact) mass is 557 g/mol. The number of nitrogens with zero attached hydrogens (tertiary/aromatic N) is 1. The molecule has 0 aliphatic heterocycles. The number of ether oxygens (including phenoxy) is 1. The second-order valence-corrected chi connectivity index (χ2v) is 12.0. The lowest BCUT2D eigenvalue weighted by atomic mass is 9.91. The van der Waals surface area contributed by atoms with E-state index in [9.17, 15) is 19.5 Å². The van der Waals surface area contributed by atoms with Gasteiger partial charge in [0.05, 0.1) is 0 Å². The molecule has 2 unspecified atom stereocenters. The SMILES string of the molecule is CCC(C)(C)N(C(=O)C(CCSC)NC(=O)OC(C)(C)C)C(C(=O)NCc1ccccc1)c1ccccc1O. The topological polar surface area (TPSA) is 108 Å². The smallest absolute Gasteiger partial charge is 0.408 e.